The topological polar surface area (TPSA) is 79.4 Å². The zero-order valence-corrected chi connectivity index (χ0v) is 18.4. The maximum atomic E-state index is 14.5. The smallest absolute Gasteiger partial charge is 0.422 e. The number of hydrazine groups is 1. The van der Waals surface area contributed by atoms with Gasteiger partial charge < -0.3 is 9.64 Å². The van der Waals surface area contributed by atoms with Crippen molar-refractivity contribution in [3.05, 3.63) is 41.1 Å². The number of benzene rings is 1. The Kier molecular flexibility index (Phi) is 6.76. The van der Waals surface area contributed by atoms with Crippen LogP contribution in [0.4, 0.5) is 33.5 Å². The first-order chi connectivity index (χ1) is 16.2. The molecule has 184 valence electrons. The number of alkyl halides is 3. The standard InChI is InChI=1S/C22H24F5N5O2/c1-34-20-15(24)5-4-14(23)18(20)13-6-8-32(9-7-13)16-11-28-30-21(19(16)22(25,26)27)31-29-17(33)10-12-2-3-12/h4-5,11-13H,2-3,6-10H2,1H3,(H,29,33)(H,30,31). The van der Waals surface area contributed by atoms with Crippen LogP contribution in [0.5, 0.6) is 5.75 Å². The summed E-state index contributed by atoms with van der Waals surface area (Å²) in [5.41, 5.74) is 3.37. The van der Waals surface area contributed by atoms with Crippen LogP contribution < -0.4 is 20.5 Å². The molecule has 1 aliphatic heterocycles. The molecule has 1 aromatic carbocycles. The highest BCUT2D eigenvalue weighted by atomic mass is 19.4. The molecular weight excluding hydrogens is 461 g/mol. The first-order valence-electron chi connectivity index (χ1n) is 10.9. The first kappa shape index (κ1) is 24.0. The van der Waals surface area contributed by atoms with Gasteiger partial charge in [0, 0.05) is 25.1 Å². The maximum absolute atomic E-state index is 14.5. The average Bonchev–Trinajstić information content (AvgIpc) is 3.62. The van der Waals surface area contributed by atoms with Crippen LogP contribution in [0.15, 0.2) is 18.3 Å². The fourth-order valence-corrected chi connectivity index (χ4v) is 4.29. The quantitative estimate of drug-likeness (QED) is 0.447. The van der Waals surface area contributed by atoms with Gasteiger partial charge in [0.1, 0.15) is 11.4 Å². The van der Waals surface area contributed by atoms with Crippen molar-refractivity contribution in [1.29, 1.82) is 0 Å². The van der Waals surface area contributed by atoms with Crippen molar-refractivity contribution in [3.63, 3.8) is 0 Å². The lowest BCUT2D eigenvalue weighted by Crippen LogP contribution is -2.36. The second-order valence-corrected chi connectivity index (χ2v) is 8.51. The number of piperidine rings is 1. The summed E-state index contributed by atoms with van der Waals surface area (Å²) in [6.07, 6.45) is -1.12. The van der Waals surface area contributed by atoms with Crippen LogP contribution in [0.3, 0.4) is 0 Å². The van der Waals surface area contributed by atoms with E-state index in [1.54, 1.807) is 0 Å². The monoisotopic (exact) mass is 485 g/mol. The van der Waals surface area contributed by atoms with Crippen LogP contribution in [0.25, 0.3) is 0 Å². The van der Waals surface area contributed by atoms with E-state index in [-0.39, 0.29) is 55.3 Å². The molecule has 2 N–H and O–H groups in total. The number of aromatic nitrogens is 2. The van der Waals surface area contributed by atoms with Crippen molar-refractivity contribution in [2.75, 3.05) is 30.5 Å². The highest BCUT2D eigenvalue weighted by Crippen LogP contribution is 2.43. The number of amides is 1. The molecule has 1 amide bonds. The van der Waals surface area contributed by atoms with Crippen molar-refractivity contribution in [2.45, 2.75) is 44.2 Å². The van der Waals surface area contributed by atoms with E-state index in [0.717, 1.165) is 31.2 Å². The number of carbonyl (C=O) groups excluding carboxylic acids is 1. The molecule has 12 heteroatoms. The minimum atomic E-state index is -4.77. The summed E-state index contributed by atoms with van der Waals surface area (Å²) in [6, 6.07) is 1.99. The molecular formula is C22H24F5N5O2. The van der Waals surface area contributed by atoms with Gasteiger partial charge in [-0.2, -0.15) is 18.3 Å². The van der Waals surface area contributed by atoms with Gasteiger partial charge in [-0.1, -0.05) is 0 Å². The molecule has 0 unspecified atom stereocenters. The number of carbonyl (C=O) groups is 1. The zero-order valence-electron chi connectivity index (χ0n) is 18.4. The number of nitrogens with zero attached hydrogens (tertiary/aromatic N) is 3. The second-order valence-electron chi connectivity index (χ2n) is 8.51. The highest BCUT2D eigenvalue weighted by molar-refractivity contribution is 5.78. The first-order valence-corrected chi connectivity index (χ1v) is 10.9. The van der Waals surface area contributed by atoms with Gasteiger partial charge in [-0.05, 0) is 49.7 Å². The van der Waals surface area contributed by atoms with Crippen molar-refractivity contribution < 1.29 is 31.5 Å². The third-order valence-electron chi connectivity index (χ3n) is 6.15. The third kappa shape index (κ3) is 5.15. The Morgan fingerprint density at radius 1 is 1.15 bits per heavy atom. The van der Waals surface area contributed by atoms with E-state index in [1.807, 2.05) is 0 Å². The fourth-order valence-electron chi connectivity index (χ4n) is 4.29. The summed E-state index contributed by atoms with van der Waals surface area (Å²) in [4.78, 5) is 13.4. The van der Waals surface area contributed by atoms with Crippen LogP contribution in [0.1, 0.15) is 49.1 Å². The minimum Gasteiger partial charge on any atom is -0.493 e. The van der Waals surface area contributed by atoms with Crippen molar-refractivity contribution in [3.8, 4) is 5.75 Å². The second kappa shape index (κ2) is 9.59. The van der Waals surface area contributed by atoms with Crippen LogP contribution in [-0.4, -0.2) is 36.3 Å². The number of rotatable bonds is 7. The summed E-state index contributed by atoms with van der Waals surface area (Å²) < 4.78 is 75.5. The minimum absolute atomic E-state index is 0.0896. The Hall–Kier alpha value is -3.18. The third-order valence-corrected chi connectivity index (χ3v) is 6.15. The lowest BCUT2D eigenvalue weighted by molar-refractivity contribution is -0.137. The number of anilines is 2. The molecule has 1 saturated carbocycles. The van der Waals surface area contributed by atoms with E-state index in [2.05, 4.69) is 21.0 Å². The van der Waals surface area contributed by atoms with Gasteiger partial charge in [-0.25, -0.2) is 8.78 Å². The molecule has 2 aromatic rings. The van der Waals surface area contributed by atoms with Crippen molar-refractivity contribution >= 4 is 17.4 Å². The Labute approximate surface area is 192 Å². The summed E-state index contributed by atoms with van der Waals surface area (Å²) in [5, 5.41) is 7.22. The average molecular weight is 485 g/mol. The number of hydrogen-bond donors (Lipinski definition) is 2. The molecule has 1 saturated heterocycles. The largest absolute Gasteiger partial charge is 0.493 e. The number of hydrogen-bond acceptors (Lipinski definition) is 6. The number of halogens is 5. The molecule has 2 fully saturated rings. The SMILES string of the molecule is COc1c(F)ccc(F)c1C1CCN(c2cnnc(NNC(=O)CC3CC3)c2C(F)(F)F)CC1. The van der Waals surface area contributed by atoms with Gasteiger partial charge in [-0.15, -0.1) is 5.10 Å². The summed E-state index contributed by atoms with van der Waals surface area (Å²) >= 11 is 0. The predicted octanol–water partition coefficient (Wildman–Crippen LogP) is 4.41. The van der Waals surface area contributed by atoms with E-state index < -0.39 is 41.0 Å². The number of ether oxygens (including phenoxy) is 1. The van der Waals surface area contributed by atoms with Crippen LogP contribution in [0, 0.1) is 17.6 Å². The summed E-state index contributed by atoms with van der Waals surface area (Å²) in [5.74, 6) is -2.68. The van der Waals surface area contributed by atoms with E-state index in [0.29, 0.717) is 0 Å². The van der Waals surface area contributed by atoms with E-state index in [4.69, 9.17) is 4.74 Å². The van der Waals surface area contributed by atoms with Crippen LogP contribution in [-0.2, 0) is 11.0 Å². The van der Waals surface area contributed by atoms with Crippen molar-refractivity contribution in [1.82, 2.24) is 15.6 Å². The van der Waals surface area contributed by atoms with Gasteiger partial charge in [0.15, 0.2) is 17.4 Å². The maximum Gasteiger partial charge on any atom is 0.422 e. The Morgan fingerprint density at radius 3 is 2.44 bits per heavy atom. The van der Waals surface area contributed by atoms with Crippen LogP contribution >= 0.6 is 0 Å². The number of methoxy groups -OCH3 is 1. The highest BCUT2D eigenvalue weighted by Gasteiger charge is 2.40. The molecule has 0 atom stereocenters. The van der Waals surface area contributed by atoms with Gasteiger partial charge in [0.2, 0.25) is 5.91 Å². The van der Waals surface area contributed by atoms with Gasteiger partial charge in [-0.3, -0.25) is 15.6 Å². The molecule has 1 aliphatic carbocycles. The molecule has 2 heterocycles. The van der Waals surface area contributed by atoms with Crippen molar-refractivity contribution in [2.24, 2.45) is 5.92 Å². The molecule has 0 spiro atoms. The lowest BCUT2D eigenvalue weighted by atomic mass is 9.88. The molecule has 7 nitrogen and oxygen atoms in total. The molecule has 0 radical (unpaired) electrons. The molecule has 4 rings (SSSR count). The Morgan fingerprint density at radius 2 is 1.82 bits per heavy atom. The molecule has 34 heavy (non-hydrogen) atoms. The molecule has 1 aromatic heterocycles. The van der Waals surface area contributed by atoms with E-state index in [9.17, 15) is 26.7 Å². The van der Waals surface area contributed by atoms with E-state index in [1.165, 1.54) is 12.0 Å². The predicted molar refractivity (Wildman–Crippen MR) is 113 cm³/mol. The number of nitrogens with one attached hydrogen (secondary N) is 2. The Balaban J connectivity index is 1.53. The zero-order chi connectivity index (χ0) is 24.5. The summed E-state index contributed by atoms with van der Waals surface area (Å²) in [7, 11) is 1.24. The van der Waals surface area contributed by atoms with Gasteiger partial charge in [0.25, 0.3) is 0 Å². The summed E-state index contributed by atoms with van der Waals surface area (Å²) in [6.45, 7) is 0.290. The van der Waals surface area contributed by atoms with Crippen LogP contribution in [0.2, 0.25) is 0 Å². The molecule has 2 aliphatic rings. The van der Waals surface area contributed by atoms with E-state index >= 15 is 0 Å². The Bertz CT molecular complexity index is 1050. The van der Waals surface area contributed by atoms with Gasteiger partial charge in [0.05, 0.1) is 19.0 Å². The molecule has 0 bridgehead atoms. The van der Waals surface area contributed by atoms with Gasteiger partial charge >= 0.3 is 6.18 Å². The fraction of sp³-hybridized carbons (Fsp3) is 0.500. The lowest BCUT2D eigenvalue weighted by Gasteiger charge is -2.35. The normalized spacial score (nSPS) is 16.9.